The van der Waals surface area contributed by atoms with Crippen LogP contribution >= 0.6 is 0 Å². The molecule has 0 amide bonds. The van der Waals surface area contributed by atoms with Gasteiger partial charge in [-0.05, 0) is 60.2 Å². The van der Waals surface area contributed by atoms with Gasteiger partial charge in [-0.25, -0.2) is 0 Å². The van der Waals surface area contributed by atoms with E-state index in [4.69, 9.17) is 0 Å². The van der Waals surface area contributed by atoms with E-state index in [0.29, 0.717) is 5.41 Å². The van der Waals surface area contributed by atoms with Crippen LogP contribution in [0.15, 0.2) is 48.6 Å². The molecule has 0 bridgehead atoms. The van der Waals surface area contributed by atoms with Crippen molar-refractivity contribution in [2.75, 3.05) is 0 Å². The molecule has 5 atom stereocenters. The van der Waals surface area contributed by atoms with Crippen molar-refractivity contribution in [3.05, 3.63) is 48.6 Å². The Morgan fingerprint density at radius 1 is 0.783 bits per heavy atom. The van der Waals surface area contributed by atoms with E-state index in [0.717, 1.165) is 35.5 Å². The summed E-state index contributed by atoms with van der Waals surface area (Å²) in [6.45, 7) is 5.05. The van der Waals surface area contributed by atoms with Gasteiger partial charge >= 0.3 is 0 Å². The lowest BCUT2D eigenvalue weighted by molar-refractivity contribution is 0.0441. The van der Waals surface area contributed by atoms with Crippen LogP contribution in [0.5, 0.6) is 0 Å². The molecule has 2 fully saturated rings. The quantitative estimate of drug-likeness (QED) is 0.569. The lowest BCUT2D eigenvalue weighted by Crippen LogP contribution is -2.40. The van der Waals surface area contributed by atoms with Crippen molar-refractivity contribution in [1.82, 2.24) is 0 Å². The molecule has 0 spiro atoms. The van der Waals surface area contributed by atoms with Crippen LogP contribution in [0, 0.1) is 40.9 Å². The van der Waals surface area contributed by atoms with Gasteiger partial charge in [0.1, 0.15) is 0 Å². The lowest BCUT2D eigenvalue weighted by Gasteiger charge is -2.46. The summed E-state index contributed by atoms with van der Waals surface area (Å²) >= 11 is 0. The van der Waals surface area contributed by atoms with Crippen molar-refractivity contribution < 1.29 is 0 Å². The highest BCUT2D eigenvalue weighted by atomic mass is 14.6. The van der Waals surface area contributed by atoms with Gasteiger partial charge in [0.15, 0.2) is 0 Å². The second kappa shape index (κ2) is 6.11. The Morgan fingerprint density at radius 3 is 1.74 bits per heavy atom. The second-order valence-corrected chi connectivity index (χ2v) is 8.61. The maximum absolute atomic E-state index is 2.66. The fourth-order valence-electron chi connectivity index (χ4n) is 6.67. The molecule has 0 aliphatic heterocycles. The first-order chi connectivity index (χ1) is 11.3. The van der Waals surface area contributed by atoms with Crippen LogP contribution in [0.1, 0.15) is 52.4 Å². The molecule has 5 unspecified atom stereocenters. The van der Waals surface area contributed by atoms with E-state index in [2.05, 4.69) is 62.5 Å². The first-order valence-electron chi connectivity index (χ1n) is 9.95. The Hall–Kier alpha value is -1.04. The predicted molar refractivity (Wildman–Crippen MR) is 99.0 cm³/mol. The summed E-state index contributed by atoms with van der Waals surface area (Å²) in [6, 6.07) is 0. The molecule has 0 aromatic heterocycles. The molecule has 0 heterocycles. The average Bonchev–Trinajstić information content (AvgIpc) is 3.22. The van der Waals surface area contributed by atoms with E-state index in [1.165, 1.54) is 38.5 Å². The molecule has 2 saturated carbocycles. The largest absolute Gasteiger partial charge is 0.0805 e. The van der Waals surface area contributed by atoms with E-state index in [9.17, 15) is 0 Å². The number of hydrogen-bond acceptors (Lipinski definition) is 0. The minimum atomic E-state index is 0.513. The Morgan fingerprint density at radius 2 is 1.26 bits per heavy atom. The first kappa shape index (κ1) is 15.5. The number of hydrogen-bond donors (Lipinski definition) is 0. The summed E-state index contributed by atoms with van der Waals surface area (Å²) in [5.74, 6) is 4.73. The topological polar surface area (TPSA) is 0 Å². The maximum atomic E-state index is 2.66. The Bertz CT molecular complexity index is 508. The zero-order chi connectivity index (χ0) is 15.9. The molecule has 0 heteroatoms. The van der Waals surface area contributed by atoms with Gasteiger partial charge in [-0.15, -0.1) is 0 Å². The summed E-state index contributed by atoms with van der Waals surface area (Å²) < 4.78 is 0. The van der Waals surface area contributed by atoms with Gasteiger partial charge < -0.3 is 0 Å². The standard InChI is InChI=1S/C23H32/c1-3-16-23(2,17-10-4-5-11-17)22-20-14-8-6-12-18(20)19-13-7-9-15-21(19)22/h6-9,12-15,17-22H,3-5,10-11,16H2,1-2H3. The Balaban J connectivity index is 1.74. The van der Waals surface area contributed by atoms with Crippen molar-refractivity contribution in [3.63, 3.8) is 0 Å². The molecule has 0 N–H and O–H groups in total. The highest BCUT2D eigenvalue weighted by molar-refractivity contribution is 5.29. The van der Waals surface area contributed by atoms with E-state index < -0.39 is 0 Å². The normalized spacial score (nSPS) is 41.0. The molecule has 0 aromatic carbocycles. The molecule has 0 nitrogen and oxygen atoms in total. The van der Waals surface area contributed by atoms with Gasteiger partial charge in [-0.3, -0.25) is 0 Å². The molecular weight excluding hydrogens is 276 g/mol. The molecule has 4 aliphatic carbocycles. The Kier molecular flexibility index (Phi) is 4.12. The molecule has 124 valence electrons. The van der Waals surface area contributed by atoms with Gasteiger partial charge in [0.05, 0.1) is 0 Å². The van der Waals surface area contributed by atoms with Crippen LogP contribution in [0.4, 0.5) is 0 Å². The number of fused-ring (bicyclic) bond motifs is 3. The van der Waals surface area contributed by atoms with E-state index >= 15 is 0 Å². The van der Waals surface area contributed by atoms with E-state index in [-0.39, 0.29) is 0 Å². The monoisotopic (exact) mass is 308 g/mol. The molecule has 0 saturated heterocycles. The van der Waals surface area contributed by atoms with Crippen molar-refractivity contribution in [2.24, 2.45) is 40.9 Å². The van der Waals surface area contributed by atoms with Crippen molar-refractivity contribution in [1.29, 1.82) is 0 Å². The minimum Gasteiger partial charge on any atom is -0.0805 e. The molecule has 4 aliphatic rings. The highest BCUT2D eigenvalue weighted by Crippen LogP contribution is 2.62. The van der Waals surface area contributed by atoms with Crippen LogP contribution in [-0.2, 0) is 0 Å². The van der Waals surface area contributed by atoms with Gasteiger partial charge in [-0.1, -0.05) is 81.7 Å². The van der Waals surface area contributed by atoms with Crippen LogP contribution in [-0.4, -0.2) is 0 Å². The Labute approximate surface area is 142 Å². The maximum Gasteiger partial charge on any atom is -0.00954 e. The van der Waals surface area contributed by atoms with Gasteiger partial charge in [0.25, 0.3) is 0 Å². The summed E-state index contributed by atoms with van der Waals surface area (Å²) in [4.78, 5) is 0. The van der Waals surface area contributed by atoms with Crippen LogP contribution in [0.25, 0.3) is 0 Å². The first-order valence-corrected chi connectivity index (χ1v) is 9.95. The zero-order valence-electron chi connectivity index (χ0n) is 14.8. The summed E-state index contributed by atoms with van der Waals surface area (Å²) in [5.41, 5.74) is 0.513. The third-order valence-corrected chi connectivity index (χ3v) is 7.56. The fraction of sp³-hybridized carbons (Fsp3) is 0.652. The van der Waals surface area contributed by atoms with Crippen LogP contribution in [0.2, 0.25) is 0 Å². The van der Waals surface area contributed by atoms with Gasteiger partial charge in [0, 0.05) is 0 Å². The number of allylic oxidation sites excluding steroid dienone is 8. The highest BCUT2D eigenvalue weighted by Gasteiger charge is 2.55. The third-order valence-electron chi connectivity index (χ3n) is 7.56. The molecule has 0 radical (unpaired) electrons. The van der Waals surface area contributed by atoms with Crippen molar-refractivity contribution in [3.8, 4) is 0 Å². The van der Waals surface area contributed by atoms with Gasteiger partial charge in [-0.2, -0.15) is 0 Å². The molecule has 4 rings (SSSR count). The average molecular weight is 309 g/mol. The zero-order valence-corrected chi connectivity index (χ0v) is 14.8. The number of rotatable bonds is 4. The molecular formula is C23H32. The smallest absolute Gasteiger partial charge is 0.00954 e. The van der Waals surface area contributed by atoms with Crippen LogP contribution in [0.3, 0.4) is 0 Å². The van der Waals surface area contributed by atoms with Crippen LogP contribution < -0.4 is 0 Å². The minimum absolute atomic E-state index is 0.513. The lowest BCUT2D eigenvalue weighted by atomic mass is 9.58. The van der Waals surface area contributed by atoms with E-state index in [1.54, 1.807) is 0 Å². The second-order valence-electron chi connectivity index (χ2n) is 8.61. The molecule has 23 heavy (non-hydrogen) atoms. The summed E-state index contributed by atoms with van der Waals surface area (Å²) in [6.07, 6.45) is 28.0. The van der Waals surface area contributed by atoms with E-state index in [1.807, 2.05) is 0 Å². The van der Waals surface area contributed by atoms with Crippen molar-refractivity contribution >= 4 is 0 Å². The predicted octanol–water partition coefficient (Wildman–Crippen LogP) is 6.33. The molecule has 0 aromatic rings. The van der Waals surface area contributed by atoms with Crippen molar-refractivity contribution in [2.45, 2.75) is 52.4 Å². The summed E-state index contributed by atoms with van der Waals surface area (Å²) in [5, 5.41) is 0. The van der Waals surface area contributed by atoms with Gasteiger partial charge in [0.2, 0.25) is 0 Å². The third kappa shape index (κ3) is 2.41. The fourth-order valence-corrected chi connectivity index (χ4v) is 6.67. The summed E-state index contributed by atoms with van der Waals surface area (Å²) in [7, 11) is 0. The SMILES string of the molecule is CCCC(C)(C1CCCC1)C1C2C=CC=CC2C2C=CC=CC21.